The lowest BCUT2D eigenvalue weighted by Crippen LogP contribution is -2.50. The van der Waals surface area contributed by atoms with Gasteiger partial charge in [-0.05, 0) is 56.0 Å². The Balaban J connectivity index is 0.00000363. The number of ether oxygens (including phenoxy) is 1. The highest BCUT2D eigenvalue weighted by Crippen LogP contribution is 2.12. The summed E-state index contributed by atoms with van der Waals surface area (Å²) in [5.41, 5.74) is 0.935. The van der Waals surface area contributed by atoms with Crippen molar-refractivity contribution in [2.45, 2.75) is 38.6 Å². The van der Waals surface area contributed by atoms with E-state index in [0.29, 0.717) is 45.6 Å². The predicted octanol–water partition coefficient (Wildman–Crippen LogP) is 3.98. The molecular formula is C23H32FIN4O3. The van der Waals surface area contributed by atoms with E-state index in [4.69, 9.17) is 9.15 Å². The third-order valence-corrected chi connectivity index (χ3v) is 5.17. The van der Waals surface area contributed by atoms with Gasteiger partial charge in [-0.15, -0.1) is 24.0 Å². The number of aliphatic imine (C=N–C) groups is 1. The van der Waals surface area contributed by atoms with Crippen LogP contribution in [-0.4, -0.2) is 55.8 Å². The second-order valence-electron chi connectivity index (χ2n) is 7.47. The number of guanidine groups is 1. The van der Waals surface area contributed by atoms with E-state index in [0.717, 1.165) is 30.1 Å². The van der Waals surface area contributed by atoms with Crippen LogP contribution in [0.3, 0.4) is 0 Å². The normalized spacial score (nSPS) is 14.6. The van der Waals surface area contributed by atoms with Crippen molar-refractivity contribution in [3.05, 3.63) is 59.8 Å². The van der Waals surface area contributed by atoms with E-state index in [1.165, 1.54) is 6.07 Å². The maximum Gasteiger partial charge on any atom is 0.409 e. The van der Waals surface area contributed by atoms with Gasteiger partial charge in [0.25, 0.3) is 0 Å². The van der Waals surface area contributed by atoms with Gasteiger partial charge in [-0.1, -0.05) is 12.1 Å². The Hall–Kier alpha value is -2.30. The van der Waals surface area contributed by atoms with Gasteiger partial charge >= 0.3 is 6.09 Å². The van der Waals surface area contributed by atoms with Gasteiger partial charge in [0.1, 0.15) is 11.6 Å². The van der Waals surface area contributed by atoms with E-state index >= 15 is 0 Å². The number of rotatable bonds is 8. The number of hydrogen-bond acceptors (Lipinski definition) is 4. The molecule has 9 heteroatoms. The molecule has 1 saturated heterocycles. The molecule has 7 nitrogen and oxygen atoms in total. The van der Waals surface area contributed by atoms with Gasteiger partial charge in [0.05, 0.1) is 12.9 Å². The zero-order chi connectivity index (χ0) is 21.9. The maximum atomic E-state index is 13.4. The Morgan fingerprint density at radius 2 is 2.06 bits per heavy atom. The average Bonchev–Trinajstić information content (AvgIpc) is 3.28. The van der Waals surface area contributed by atoms with E-state index < -0.39 is 0 Å². The molecule has 0 spiro atoms. The van der Waals surface area contributed by atoms with Crippen LogP contribution in [0.15, 0.2) is 52.1 Å². The van der Waals surface area contributed by atoms with Crippen LogP contribution in [-0.2, 0) is 17.6 Å². The van der Waals surface area contributed by atoms with Crippen LogP contribution in [0.25, 0.3) is 0 Å². The number of carbonyl (C=O) groups is 1. The maximum absolute atomic E-state index is 13.4. The van der Waals surface area contributed by atoms with Crippen LogP contribution in [0.5, 0.6) is 0 Å². The number of amides is 1. The summed E-state index contributed by atoms with van der Waals surface area (Å²) in [6.07, 6.45) is 4.46. The third-order valence-electron chi connectivity index (χ3n) is 5.17. The van der Waals surface area contributed by atoms with Gasteiger partial charge in [0, 0.05) is 38.6 Å². The van der Waals surface area contributed by atoms with E-state index in [9.17, 15) is 9.18 Å². The number of likely N-dealkylation sites (tertiary alicyclic amines) is 1. The summed E-state index contributed by atoms with van der Waals surface area (Å²) in [6.45, 7) is 4.73. The van der Waals surface area contributed by atoms with Crippen molar-refractivity contribution in [3.63, 3.8) is 0 Å². The van der Waals surface area contributed by atoms with Crippen molar-refractivity contribution in [1.82, 2.24) is 15.5 Å². The summed E-state index contributed by atoms with van der Waals surface area (Å²) in [5.74, 6) is 1.39. The van der Waals surface area contributed by atoms with Crippen LogP contribution >= 0.6 is 24.0 Å². The first-order chi connectivity index (χ1) is 15.1. The summed E-state index contributed by atoms with van der Waals surface area (Å²) in [4.78, 5) is 18.3. The van der Waals surface area contributed by atoms with Crippen LogP contribution < -0.4 is 10.6 Å². The van der Waals surface area contributed by atoms with Crippen molar-refractivity contribution in [3.8, 4) is 0 Å². The van der Waals surface area contributed by atoms with E-state index in [1.54, 1.807) is 23.3 Å². The molecular weight excluding hydrogens is 526 g/mol. The molecule has 2 heterocycles. The van der Waals surface area contributed by atoms with Crippen molar-refractivity contribution in [2.75, 3.05) is 32.8 Å². The zero-order valence-electron chi connectivity index (χ0n) is 18.4. The van der Waals surface area contributed by atoms with Crippen LogP contribution in [0, 0.1) is 5.82 Å². The molecule has 0 atom stereocenters. The minimum Gasteiger partial charge on any atom is -0.469 e. The standard InChI is InChI=1S/C23H31FN4O3.HI/c1-2-30-23(29)28-14-10-20(11-15-28)27-22(26-13-9-21-7-4-16-31-21)25-12-8-18-5-3-6-19(24)17-18;/h3-7,16-17,20H,2,8-15H2,1H3,(H2,25,26,27);1H. The Bertz CT molecular complexity index is 840. The predicted molar refractivity (Wildman–Crippen MR) is 133 cm³/mol. The first-order valence-electron chi connectivity index (χ1n) is 10.9. The highest BCUT2D eigenvalue weighted by molar-refractivity contribution is 14.0. The molecule has 3 rings (SSSR count). The summed E-state index contributed by atoms with van der Waals surface area (Å²) in [5, 5.41) is 6.83. The molecule has 1 amide bonds. The Labute approximate surface area is 205 Å². The van der Waals surface area contributed by atoms with Crippen LogP contribution in [0.2, 0.25) is 0 Å². The van der Waals surface area contributed by atoms with Gasteiger partial charge in [0.15, 0.2) is 5.96 Å². The van der Waals surface area contributed by atoms with Crippen molar-refractivity contribution in [2.24, 2.45) is 4.99 Å². The smallest absolute Gasteiger partial charge is 0.409 e. The third kappa shape index (κ3) is 8.68. The fourth-order valence-electron chi connectivity index (χ4n) is 3.52. The van der Waals surface area contributed by atoms with Gasteiger partial charge in [-0.2, -0.15) is 0 Å². The number of benzene rings is 1. The molecule has 2 aromatic rings. The highest BCUT2D eigenvalue weighted by atomic mass is 127. The number of piperidine rings is 1. The molecule has 0 radical (unpaired) electrons. The quantitative estimate of drug-likeness (QED) is 0.291. The molecule has 0 aliphatic carbocycles. The second-order valence-corrected chi connectivity index (χ2v) is 7.47. The molecule has 176 valence electrons. The largest absolute Gasteiger partial charge is 0.469 e. The first-order valence-corrected chi connectivity index (χ1v) is 10.9. The van der Waals surface area contributed by atoms with Crippen molar-refractivity contribution >= 4 is 36.0 Å². The fraction of sp³-hybridized carbons (Fsp3) is 0.478. The lowest BCUT2D eigenvalue weighted by Gasteiger charge is -2.32. The molecule has 32 heavy (non-hydrogen) atoms. The molecule has 0 bridgehead atoms. The monoisotopic (exact) mass is 558 g/mol. The van der Waals surface area contributed by atoms with Gasteiger partial charge < -0.3 is 24.7 Å². The summed E-state index contributed by atoms with van der Waals surface area (Å²) < 4.78 is 23.9. The Kier molecular flexibility index (Phi) is 11.3. The van der Waals surface area contributed by atoms with E-state index in [1.807, 2.05) is 25.1 Å². The van der Waals surface area contributed by atoms with E-state index in [2.05, 4.69) is 15.6 Å². The Morgan fingerprint density at radius 1 is 1.25 bits per heavy atom. The molecule has 1 fully saturated rings. The topological polar surface area (TPSA) is 79.1 Å². The van der Waals surface area contributed by atoms with Gasteiger partial charge in [-0.25, -0.2) is 9.18 Å². The molecule has 2 N–H and O–H groups in total. The number of nitrogens with zero attached hydrogens (tertiary/aromatic N) is 2. The number of furan rings is 1. The molecule has 0 saturated carbocycles. The summed E-state index contributed by atoms with van der Waals surface area (Å²) >= 11 is 0. The van der Waals surface area contributed by atoms with Crippen molar-refractivity contribution in [1.29, 1.82) is 0 Å². The number of carbonyl (C=O) groups excluding carboxylic acids is 1. The fourth-order valence-corrected chi connectivity index (χ4v) is 3.52. The lowest BCUT2D eigenvalue weighted by molar-refractivity contribution is 0.0963. The molecule has 1 aromatic carbocycles. The molecule has 1 aliphatic heterocycles. The lowest BCUT2D eigenvalue weighted by atomic mass is 10.1. The van der Waals surface area contributed by atoms with Gasteiger partial charge in [0.2, 0.25) is 0 Å². The minimum absolute atomic E-state index is 0. The highest BCUT2D eigenvalue weighted by Gasteiger charge is 2.24. The molecule has 1 aliphatic rings. The van der Waals surface area contributed by atoms with Crippen LogP contribution in [0.4, 0.5) is 9.18 Å². The summed E-state index contributed by atoms with van der Waals surface area (Å²) in [6, 6.07) is 10.7. The Morgan fingerprint density at radius 3 is 2.75 bits per heavy atom. The minimum atomic E-state index is -0.249. The molecule has 0 unspecified atom stereocenters. The van der Waals surface area contributed by atoms with Crippen LogP contribution in [0.1, 0.15) is 31.1 Å². The van der Waals surface area contributed by atoms with E-state index in [-0.39, 0.29) is 41.9 Å². The average molecular weight is 558 g/mol. The summed E-state index contributed by atoms with van der Waals surface area (Å²) in [7, 11) is 0. The van der Waals surface area contributed by atoms with Gasteiger partial charge in [-0.3, -0.25) is 4.99 Å². The number of nitrogens with one attached hydrogen (secondary N) is 2. The second kappa shape index (κ2) is 14.0. The molecule has 1 aromatic heterocycles. The van der Waals surface area contributed by atoms with Crippen molar-refractivity contribution < 1.29 is 18.3 Å². The SMILES string of the molecule is CCOC(=O)N1CCC(NC(=NCCc2ccco2)NCCc2cccc(F)c2)CC1.I. The number of hydrogen-bond donors (Lipinski definition) is 2. The zero-order valence-corrected chi connectivity index (χ0v) is 20.7. The first kappa shape index (κ1) is 26.0. The number of halogens is 2.